The molecule has 2 rings (SSSR count). The highest BCUT2D eigenvalue weighted by atomic mass is 16.6. The van der Waals surface area contributed by atoms with Gasteiger partial charge in [0.2, 0.25) is 6.33 Å². The molecule has 0 bridgehead atoms. The van der Waals surface area contributed by atoms with Crippen LogP contribution < -0.4 is 0 Å². The first-order valence-corrected chi connectivity index (χ1v) is 4.91. The minimum atomic E-state index is -0.744. The molecule has 2 aromatic rings. The van der Waals surface area contributed by atoms with E-state index >= 15 is 0 Å². The summed E-state index contributed by atoms with van der Waals surface area (Å²) in [5.74, 6) is -0.230. The number of aliphatic hydroxyl groups excluding tert-OH is 1. The molecular weight excluding hydrogens is 224 g/mol. The van der Waals surface area contributed by atoms with Crippen LogP contribution in [0.3, 0.4) is 0 Å². The maximum Gasteiger partial charge on any atom is 0.381 e. The topological polar surface area (TPSA) is 94.1 Å². The van der Waals surface area contributed by atoms with E-state index in [-0.39, 0.29) is 12.4 Å². The lowest BCUT2D eigenvalue weighted by atomic mass is 10.1. The standard InChI is InChI=1S/C10H10N4O3/c15-9(8-1-3-11-4-2-8)5-13-6-10(12-7-13)14(16)17/h1-4,6-7,9,15H,5H2. The van der Waals surface area contributed by atoms with E-state index in [4.69, 9.17) is 0 Å². The van der Waals surface area contributed by atoms with Crippen LogP contribution in [0.15, 0.2) is 37.1 Å². The van der Waals surface area contributed by atoms with Crippen molar-refractivity contribution < 1.29 is 10.0 Å². The van der Waals surface area contributed by atoms with E-state index < -0.39 is 11.0 Å². The smallest absolute Gasteiger partial charge is 0.381 e. The average molecular weight is 234 g/mol. The molecule has 0 aliphatic carbocycles. The molecule has 0 spiro atoms. The highest BCUT2D eigenvalue weighted by molar-refractivity contribution is 5.15. The van der Waals surface area contributed by atoms with Crippen LogP contribution in [0, 0.1) is 10.1 Å². The van der Waals surface area contributed by atoms with Gasteiger partial charge in [0.05, 0.1) is 12.6 Å². The Morgan fingerprint density at radius 3 is 2.76 bits per heavy atom. The predicted molar refractivity (Wildman–Crippen MR) is 58.1 cm³/mol. The molecule has 0 fully saturated rings. The van der Waals surface area contributed by atoms with E-state index in [1.165, 1.54) is 17.1 Å². The number of aliphatic hydroxyl groups is 1. The molecule has 0 saturated heterocycles. The second kappa shape index (κ2) is 4.71. The summed E-state index contributed by atoms with van der Waals surface area (Å²) in [4.78, 5) is 17.3. The van der Waals surface area contributed by atoms with Crippen LogP contribution in [0.2, 0.25) is 0 Å². The fourth-order valence-electron chi connectivity index (χ4n) is 1.43. The number of imidazole rings is 1. The maximum atomic E-state index is 10.4. The van der Waals surface area contributed by atoms with Crippen LogP contribution in [0.5, 0.6) is 0 Å². The second-order valence-electron chi connectivity index (χ2n) is 3.48. The molecule has 7 nitrogen and oxygen atoms in total. The minimum absolute atomic E-state index is 0.213. The van der Waals surface area contributed by atoms with Crippen LogP contribution in [0.1, 0.15) is 11.7 Å². The Hall–Kier alpha value is -2.28. The molecule has 1 atom stereocenters. The number of nitro groups is 1. The Bertz CT molecular complexity index is 511. The number of rotatable bonds is 4. The van der Waals surface area contributed by atoms with Crippen molar-refractivity contribution in [3.8, 4) is 0 Å². The van der Waals surface area contributed by atoms with Gasteiger partial charge >= 0.3 is 5.82 Å². The van der Waals surface area contributed by atoms with Gasteiger partial charge in [-0.15, -0.1) is 0 Å². The van der Waals surface area contributed by atoms with Crippen molar-refractivity contribution in [1.82, 2.24) is 14.5 Å². The van der Waals surface area contributed by atoms with E-state index in [0.717, 1.165) is 0 Å². The van der Waals surface area contributed by atoms with E-state index in [1.807, 2.05) is 0 Å². The summed E-state index contributed by atoms with van der Waals surface area (Å²) in [5, 5.41) is 20.3. The van der Waals surface area contributed by atoms with Gasteiger partial charge in [0, 0.05) is 12.4 Å². The Kier molecular flexibility index (Phi) is 3.10. The first kappa shape index (κ1) is 11.2. The molecular formula is C10H10N4O3. The van der Waals surface area contributed by atoms with E-state index in [0.29, 0.717) is 5.56 Å². The largest absolute Gasteiger partial charge is 0.387 e. The van der Waals surface area contributed by atoms with Gasteiger partial charge in [-0.2, -0.15) is 0 Å². The monoisotopic (exact) mass is 234 g/mol. The van der Waals surface area contributed by atoms with Crippen LogP contribution in [-0.2, 0) is 6.54 Å². The number of pyridine rings is 1. The summed E-state index contributed by atoms with van der Waals surface area (Å²) in [6.07, 6.45) is 5.02. The molecule has 1 N–H and O–H groups in total. The third-order valence-corrected chi connectivity index (χ3v) is 2.28. The van der Waals surface area contributed by atoms with Gasteiger partial charge in [0.25, 0.3) is 0 Å². The van der Waals surface area contributed by atoms with Gasteiger partial charge in [-0.3, -0.25) is 4.98 Å². The van der Waals surface area contributed by atoms with Gasteiger partial charge in [0.1, 0.15) is 6.20 Å². The third-order valence-electron chi connectivity index (χ3n) is 2.28. The second-order valence-corrected chi connectivity index (χ2v) is 3.48. The lowest BCUT2D eigenvalue weighted by Gasteiger charge is -2.09. The quantitative estimate of drug-likeness (QED) is 0.627. The molecule has 17 heavy (non-hydrogen) atoms. The average Bonchev–Trinajstić information content (AvgIpc) is 2.79. The Balaban J connectivity index is 2.08. The molecule has 0 aliphatic rings. The molecule has 7 heteroatoms. The molecule has 88 valence electrons. The fraction of sp³-hybridized carbons (Fsp3) is 0.200. The van der Waals surface area contributed by atoms with Gasteiger partial charge in [0.15, 0.2) is 0 Å². The zero-order valence-corrected chi connectivity index (χ0v) is 8.80. The van der Waals surface area contributed by atoms with Gasteiger partial charge in [-0.05, 0) is 27.6 Å². The Morgan fingerprint density at radius 1 is 1.47 bits per heavy atom. The van der Waals surface area contributed by atoms with Crippen LogP contribution in [-0.4, -0.2) is 24.6 Å². The van der Waals surface area contributed by atoms with Gasteiger partial charge in [-0.25, -0.2) is 0 Å². The molecule has 2 aromatic heterocycles. The predicted octanol–water partition coefficient (Wildman–Crippen LogP) is 0.920. The first-order chi connectivity index (χ1) is 8.16. The molecule has 0 aromatic carbocycles. The van der Waals surface area contributed by atoms with E-state index in [2.05, 4.69) is 9.97 Å². The molecule has 0 aliphatic heterocycles. The van der Waals surface area contributed by atoms with Gasteiger partial charge in [-0.1, -0.05) is 0 Å². The normalized spacial score (nSPS) is 12.3. The lowest BCUT2D eigenvalue weighted by molar-refractivity contribution is -0.389. The Morgan fingerprint density at radius 2 is 2.18 bits per heavy atom. The minimum Gasteiger partial charge on any atom is -0.387 e. The maximum absolute atomic E-state index is 10.4. The van der Waals surface area contributed by atoms with Crippen molar-refractivity contribution in [2.24, 2.45) is 0 Å². The molecule has 0 radical (unpaired) electrons. The summed E-state index contributed by atoms with van der Waals surface area (Å²) in [7, 11) is 0. The Labute approximate surface area is 96.5 Å². The van der Waals surface area contributed by atoms with Crippen LogP contribution >= 0.6 is 0 Å². The SMILES string of the molecule is O=[N+]([O-])c1cn(CC(O)c2ccncc2)cn1. The molecule has 2 heterocycles. The zero-order valence-electron chi connectivity index (χ0n) is 8.80. The van der Waals surface area contributed by atoms with Crippen molar-refractivity contribution in [3.63, 3.8) is 0 Å². The van der Waals surface area contributed by atoms with Crippen molar-refractivity contribution in [1.29, 1.82) is 0 Å². The molecule has 0 amide bonds. The lowest BCUT2D eigenvalue weighted by Crippen LogP contribution is -2.07. The molecule has 1 unspecified atom stereocenters. The molecule has 0 saturated carbocycles. The number of hydrogen-bond acceptors (Lipinski definition) is 5. The number of nitrogens with zero attached hydrogens (tertiary/aromatic N) is 4. The number of hydrogen-bond donors (Lipinski definition) is 1. The van der Waals surface area contributed by atoms with Crippen molar-refractivity contribution >= 4 is 5.82 Å². The van der Waals surface area contributed by atoms with Crippen molar-refractivity contribution in [3.05, 3.63) is 52.7 Å². The number of aromatic nitrogens is 3. The summed E-state index contributed by atoms with van der Waals surface area (Å²) < 4.78 is 1.48. The van der Waals surface area contributed by atoms with Crippen LogP contribution in [0.25, 0.3) is 0 Å². The van der Waals surface area contributed by atoms with Crippen LogP contribution in [0.4, 0.5) is 5.82 Å². The summed E-state index contributed by atoms with van der Waals surface area (Å²) >= 11 is 0. The van der Waals surface area contributed by atoms with Gasteiger partial charge < -0.3 is 19.8 Å². The van der Waals surface area contributed by atoms with Crippen molar-refractivity contribution in [2.75, 3.05) is 0 Å². The fourth-order valence-corrected chi connectivity index (χ4v) is 1.43. The first-order valence-electron chi connectivity index (χ1n) is 4.91. The summed E-state index contributed by atoms with van der Waals surface area (Å²) in [6.45, 7) is 0.213. The van der Waals surface area contributed by atoms with E-state index in [1.54, 1.807) is 24.5 Å². The van der Waals surface area contributed by atoms with Crippen molar-refractivity contribution in [2.45, 2.75) is 12.6 Å². The highest BCUT2D eigenvalue weighted by Crippen LogP contribution is 2.15. The highest BCUT2D eigenvalue weighted by Gasteiger charge is 2.13. The third kappa shape index (κ3) is 2.64. The summed E-state index contributed by atoms with van der Waals surface area (Å²) in [5.41, 5.74) is 0.705. The zero-order chi connectivity index (χ0) is 12.3. The van der Waals surface area contributed by atoms with E-state index in [9.17, 15) is 15.2 Å². The summed E-state index contributed by atoms with van der Waals surface area (Å²) in [6, 6.07) is 3.38.